The van der Waals surface area contributed by atoms with Gasteiger partial charge in [-0.25, -0.2) is 4.79 Å². The number of carbonyl (C=O) groups excluding carboxylic acids is 1. The Labute approximate surface area is 150 Å². The van der Waals surface area contributed by atoms with Crippen LogP contribution in [0.3, 0.4) is 0 Å². The van der Waals surface area contributed by atoms with Crippen molar-refractivity contribution in [2.24, 2.45) is 0 Å². The van der Waals surface area contributed by atoms with Crippen LogP contribution in [0.25, 0.3) is 0 Å². The van der Waals surface area contributed by atoms with Crippen molar-refractivity contribution in [1.29, 1.82) is 0 Å². The molecule has 0 aliphatic carbocycles. The Morgan fingerprint density at radius 3 is 2.28 bits per heavy atom. The van der Waals surface area contributed by atoms with E-state index in [1.54, 1.807) is 36.4 Å². The average molecular weight is 354 g/mol. The van der Waals surface area contributed by atoms with Gasteiger partial charge in [-0.2, -0.15) is 5.10 Å². The monoisotopic (exact) mass is 353 g/mol. The van der Waals surface area contributed by atoms with E-state index in [0.29, 0.717) is 22.2 Å². The van der Waals surface area contributed by atoms with E-state index in [4.69, 9.17) is 11.6 Å². The molecular formula is C18H16ClN5O. The summed E-state index contributed by atoms with van der Waals surface area (Å²) in [5.74, 6) is 0.657. The van der Waals surface area contributed by atoms with Crippen molar-refractivity contribution < 1.29 is 4.79 Å². The number of anilines is 4. The van der Waals surface area contributed by atoms with E-state index >= 15 is 0 Å². The molecule has 126 valence electrons. The van der Waals surface area contributed by atoms with E-state index in [1.165, 1.54) is 0 Å². The number of rotatable bonds is 4. The Morgan fingerprint density at radius 2 is 1.60 bits per heavy atom. The Hall–Kier alpha value is -3.12. The highest BCUT2D eigenvalue weighted by Gasteiger charge is 2.04. The molecule has 0 aliphatic heterocycles. The first-order valence-corrected chi connectivity index (χ1v) is 7.97. The molecule has 1 heterocycles. The molecule has 2 aromatic carbocycles. The standard InChI is InChI=1S/C18H16ClN5O/c1-12-5-10-17(24-23-12)20-14-6-8-15(9-7-14)21-18(25)22-16-4-2-3-13(19)11-16/h2-11H,1H3,(H,20,24)(H2,21,22,25). The van der Waals surface area contributed by atoms with Crippen molar-refractivity contribution in [3.8, 4) is 0 Å². The third-order valence-electron chi connectivity index (χ3n) is 3.30. The first kappa shape index (κ1) is 16.7. The quantitative estimate of drug-likeness (QED) is 0.628. The number of amides is 2. The molecule has 0 unspecified atom stereocenters. The largest absolute Gasteiger partial charge is 0.339 e. The lowest BCUT2D eigenvalue weighted by atomic mass is 10.2. The number of aryl methyl sites for hydroxylation is 1. The Morgan fingerprint density at radius 1 is 0.880 bits per heavy atom. The molecule has 25 heavy (non-hydrogen) atoms. The Kier molecular flexibility index (Phi) is 5.11. The lowest BCUT2D eigenvalue weighted by molar-refractivity contribution is 0.262. The number of hydrogen-bond donors (Lipinski definition) is 3. The minimum atomic E-state index is -0.340. The van der Waals surface area contributed by atoms with Crippen LogP contribution >= 0.6 is 11.6 Å². The lowest BCUT2D eigenvalue weighted by Crippen LogP contribution is -2.19. The van der Waals surface area contributed by atoms with Gasteiger partial charge in [0.1, 0.15) is 0 Å². The molecule has 0 fully saturated rings. The van der Waals surface area contributed by atoms with Gasteiger partial charge >= 0.3 is 6.03 Å². The summed E-state index contributed by atoms with van der Waals surface area (Å²) in [6.45, 7) is 1.88. The third kappa shape index (κ3) is 4.92. The summed E-state index contributed by atoms with van der Waals surface area (Å²) in [5, 5.41) is 17.2. The van der Waals surface area contributed by atoms with Crippen molar-refractivity contribution in [2.75, 3.05) is 16.0 Å². The predicted molar refractivity (Wildman–Crippen MR) is 101 cm³/mol. The fourth-order valence-electron chi connectivity index (χ4n) is 2.11. The highest BCUT2D eigenvalue weighted by molar-refractivity contribution is 6.30. The molecule has 0 saturated carbocycles. The average Bonchev–Trinajstić information content (AvgIpc) is 2.59. The number of aromatic nitrogens is 2. The molecule has 0 bridgehead atoms. The van der Waals surface area contributed by atoms with Crippen LogP contribution in [0.15, 0.2) is 60.7 Å². The zero-order valence-electron chi connectivity index (χ0n) is 13.5. The fourth-order valence-corrected chi connectivity index (χ4v) is 2.30. The number of nitrogens with one attached hydrogen (secondary N) is 3. The Balaban J connectivity index is 1.58. The van der Waals surface area contributed by atoms with Crippen molar-refractivity contribution in [3.05, 3.63) is 71.4 Å². The first-order chi connectivity index (χ1) is 12.1. The zero-order chi connectivity index (χ0) is 17.6. The molecule has 0 spiro atoms. The van der Waals surface area contributed by atoms with Crippen LogP contribution < -0.4 is 16.0 Å². The van der Waals surface area contributed by atoms with Gasteiger partial charge in [0.15, 0.2) is 5.82 Å². The topological polar surface area (TPSA) is 78.9 Å². The summed E-state index contributed by atoms with van der Waals surface area (Å²) < 4.78 is 0. The molecule has 3 rings (SSSR count). The van der Waals surface area contributed by atoms with Crippen molar-refractivity contribution in [3.63, 3.8) is 0 Å². The van der Waals surface area contributed by atoms with Crippen molar-refractivity contribution in [1.82, 2.24) is 10.2 Å². The summed E-state index contributed by atoms with van der Waals surface area (Å²) in [6.07, 6.45) is 0. The lowest BCUT2D eigenvalue weighted by Gasteiger charge is -2.09. The van der Waals surface area contributed by atoms with E-state index in [0.717, 1.165) is 11.4 Å². The van der Waals surface area contributed by atoms with Gasteiger partial charge in [0.05, 0.1) is 5.69 Å². The number of urea groups is 1. The van der Waals surface area contributed by atoms with E-state index in [9.17, 15) is 4.79 Å². The normalized spacial score (nSPS) is 10.2. The predicted octanol–water partition coefficient (Wildman–Crippen LogP) is 4.83. The molecule has 3 aromatic rings. The van der Waals surface area contributed by atoms with Crippen LogP contribution in [0, 0.1) is 6.92 Å². The van der Waals surface area contributed by atoms with Gasteiger partial charge < -0.3 is 16.0 Å². The second kappa shape index (κ2) is 7.63. The zero-order valence-corrected chi connectivity index (χ0v) is 14.2. The maximum absolute atomic E-state index is 12.0. The molecular weight excluding hydrogens is 338 g/mol. The van der Waals surface area contributed by atoms with Gasteiger partial charge in [-0.3, -0.25) is 0 Å². The van der Waals surface area contributed by atoms with Crippen molar-refractivity contribution in [2.45, 2.75) is 6.92 Å². The SMILES string of the molecule is Cc1ccc(Nc2ccc(NC(=O)Nc3cccc(Cl)c3)cc2)nn1. The first-order valence-electron chi connectivity index (χ1n) is 7.59. The maximum atomic E-state index is 12.0. The van der Waals surface area contributed by atoms with Gasteiger partial charge in [-0.05, 0) is 61.5 Å². The second-order valence-corrected chi connectivity index (χ2v) is 5.79. The molecule has 2 amide bonds. The molecule has 7 heteroatoms. The third-order valence-corrected chi connectivity index (χ3v) is 3.53. The van der Waals surface area contributed by atoms with Gasteiger partial charge in [0, 0.05) is 22.1 Å². The van der Waals surface area contributed by atoms with Crippen molar-refractivity contribution >= 4 is 40.5 Å². The molecule has 0 atom stereocenters. The van der Waals surface area contributed by atoms with Gasteiger partial charge in [0.2, 0.25) is 0 Å². The number of benzene rings is 2. The molecule has 6 nitrogen and oxygen atoms in total. The molecule has 1 aromatic heterocycles. The van der Waals surface area contributed by atoms with Crippen LogP contribution in [0.1, 0.15) is 5.69 Å². The summed E-state index contributed by atoms with van der Waals surface area (Å²) >= 11 is 5.89. The number of nitrogens with zero attached hydrogens (tertiary/aromatic N) is 2. The van der Waals surface area contributed by atoms with Gasteiger partial charge in [-0.15, -0.1) is 5.10 Å². The maximum Gasteiger partial charge on any atom is 0.323 e. The van der Waals surface area contributed by atoms with Crippen LogP contribution in [-0.2, 0) is 0 Å². The highest BCUT2D eigenvalue weighted by Crippen LogP contribution is 2.18. The number of carbonyl (C=O) groups is 1. The molecule has 0 radical (unpaired) electrons. The van der Waals surface area contributed by atoms with E-state index in [1.807, 2.05) is 31.2 Å². The van der Waals surface area contributed by atoms with E-state index in [2.05, 4.69) is 26.1 Å². The van der Waals surface area contributed by atoms with Gasteiger partial charge in [-0.1, -0.05) is 17.7 Å². The summed E-state index contributed by atoms with van der Waals surface area (Å²) in [5.41, 5.74) is 3.00. The number of hydrogen-bond acceptors (Lipinski definition) is 4. The van der Waals surface area contributed by atoms with Crippen LogP contribution in [0.5, 0.6) is 0 Å². The molecule has 0 aliphatic rings. The van der Waals surface area contributed by atoms with Gasteiger partial charge in [0.25, 0.3) is 0 Å². The summed E-state index contributed by atoms with van der Waals surface area (Å²) in [6, 6.07) is 17.6. The minimum Gasteiger partial charge on any atom is -0.339 e. The minimum absolute atomic E-state index is 0.340. The Bertz CT molecular complexity index is 865. The highest BCUT2D eigenvalue weighted by atomic mass is 35.5. The van der Waals surface area contributed by atoms with Crippen LogP contribution in [0.2, 0.25) is 5.02 Å². The summed E-state index contributed by atoms with van der Waals surface area (Å²) in [7, 11) is 0. The molecule has 0 saturated heterocycles. The van der Waals surface area contributed by atoms with Crippen LogP contribution in [-0.4, -0.2) is 16.2 Å². The van der Waals surface area contributed by atoms with Crippen LogP contribution in [0.4, 0.5) is 27.7 Å². The number of halogens is 1. The summed E-state index contributed by atoms with van der Waals surface area (Å²) in [4.78, 5) is 12.0. The molecule has 3 N–H and O–H groups in total. The fraction of sp³-hybridized carbons (Fsp3) is 0.0556. The smallest absolute Gasteiger partial charge is 0.323 e. The van der Waals surface area contributed by atoms with E-state index < -0.39 is 0 Å². The van der Waals surface area contributed by atoms with E-state index in [-0.39, 0.29) is 6.03 Å². The second-order valence-electron chi connectivity index (χ2n) is 5.35.